The molecule has 0 fully saturated rings. The van der Waals surface area contributed by atoms with Crippen LogP contribution >= 0.6 is 0 Å². The Labute approximate surface area is 502 Å². The first kappa shape index (κ1) is 77.2. The van der Waals surface area contributed by atoms with E-state index in [2.05, 4.69) is 160 Å². The summed E-state index contributed by atoms with van der Waals surface area (Å²) in [5, 5.41) is 9.72. The topological polar surface area (TPSA) is 108 Å². The van der Waals surface area contributed by atoms with E-state index in [1.807, 2.05) is 21.1 Å². The number of quaternary nitrogens is 1. The Kier molecular flexibility index (Phi) is 58.6. The molecule has 0 aromatic rings. The number of esters is 2. The predicted molar refractivity (Wildman–Crippen MR) is 350 cm³/mol. The number of likely N-dealkylation sites (N-methyl/N-ethyl adjacent to an activating group) is 1. The van der Waals surface area contributed by atoms with Crippen LogP contribution in [-0.2, 0) is 33.3 Å². The maximum absolute atomic E-state index is 12.9. The van der Waals surface area contributed by atoms with Crippen LogP contribution in [0.1, 0.15) is 239 Å². The highest BCUT2D eigenvalue weighted by atomic mass is 16.7. The van der Waals surface area contributed by atoms with E-state index in [9.17, 15) is 19.5 Å². The zero-order chi connectivity index (χ0) is 59.8. The Morgan fingerprint density at radius 2 is 0.695 bits per heavy atom. The monoisotopic (exact) mass is 1140 g/mol. The minimum absolute atomic E-state index is 0.173. The molecule has 0 bridgehead atoms. The van der Waals surface area contributed by atoms with Gasteiger partial charge in [-0.3, -0.25) is 9.59 Å². The molecule has 0 saturated carbocycles. The van der Waals surface area contributed by atoms with E-state index in [0.29, 0.717) is 17.4 Å². The molecule has 0 aliphatic carbocycles. The fraction of sp³-hybridized carbons (Fsp3) is 0.630. The lowest BCUT2D eigenvalue weighted by atomic mass is 10.0. The van der Waals surface area contributed by atoms with E-state index in [1.165, 1.54) is 96.3 Å². The predicted octanol–water partition coefficient (Wildman–Crippen LogP) is 20.0. The molecule has 82 heavy (non-hydrogen) atoms. The van der Waals surface area contributed by atoms with Crippen LogP contribution in [0, 0.1) is 0 Å². The molecule has 0 heterocycles. The molecule has 0 amide bonds. The molecule has 464 valence electrons. The van der Waals surface area contributed by atoms with Gasteiger partial charge >= 0.3 is 17.9 Å². The number of unbranched alkanes of at least 4 members (excludes halogenated alkanes) is 19. The zero-order valence-corrected chi connectivity index (χ0v) is 52.8. The molecule has 2 atom stereocenters. The third kappa shape index (κ3) is 62.8. The number of rotatable bonds is 58. The highest BCUT2D eigenvalue weighted by Crippen LogP contribution is 2.16. The van der Waals surface area contributed by atoms with Crippen molar-refractivity contribution in [2.75, 3.05) is 47.5 Å². The maximum Gasteiger partial charge on any atom is 0.361 e. The van der Waals surface area contributed by atoms with E-state index < -0.39 is 24.3 Å². The number of carbonyl (C=O) groups is 3. The van der Waals surface area contributed by atoms with Gasteiger partial charge in [0.1, 0.15) is 13.2 Å². The van der Waals surface area contributed by atoms with Crippen LogP contribution in [0.3, 0.4) is 0 Å². The second kappa shape index (κ2) is 62.2. The van der Waals surface area contributed by atoms with Gasteiger partial charge in [0.05, 0.1) is 34.4 Å². The van der Waals surface area contributed by atoms with Crippen molar-refractivity contribution >= 4 is 17.9 Å². The van der Waals surface area contributed by atoms with Crippen molar-refractivity contribution in [1.29, 1.82) is 0 Å². The maximum atomic E-state index is 12.9. The summed E-state index contributed by atoms with van der Waals surface area (Å²) in [5.41, 5.74) is 0. The van der Waals surface area contributed by atoms with Crippen LogP contribution in [0.5, 0.6) is 0 Å². The van der Waals surface area contributed by atoms with E-state index in [1.54, 1.807) is 0 Å². The molecular formula is C73H120NO8+. The summed E-state index contributed by atoms with van der Waals surface area (Å²) >= 11 is 0. The molecule has 0 radical (unpaired) electrons. The van der Waals surface area contributed by atoms with Gasteiger partial charge in [0.15, 0.2) is 6.10 Å². The molecule has 0 aliphatic heterocycles. The van der Waals surface area contributed by atoms with E-state index in [-0.39, 0.29) is 38.6 Å². The third-order valence-corrected chi connectivity index (χ3v) is 13.4. The number of hydrogen-bond donors (Lipinski definition) is 1. The zero-order valence-electron chi connectivity index (χ0n) is 52.8. The average Bonchev–Trinajstić information content (AvgIpc) is 3.45. The Morgan fingerprint density at radius 3 is 1.04 bits per heavy atom. The summed E-state index contributed by atoms with van der Waals surface area (Å²) in [7, 11) is 5.95. The minimum Gasteiger partial charge on any atom is -0.477 e. The highest BCUT2D eigenvalue weighted by molar-refractivity contribution is 5.71. The molecule has 2 unspecified atom stereocenters. The van der Waals surface area contributed by atoms with Crippen LogP contribution in [-0.4, -0.2) is 87.4 Å². The van der Waals surface area contributed by atoms with Gasteiger partial charge in [-0.25, -0.2) is 4.79 Å². The minimum atomic E-state index is -1.53. The molecule has 0 aromatic carbocycles. The van der Waals surface area contributed by atoms with Crippen molar-refractivity contribution in [3.8, 4) is 0 Å². The Balaban J connectivity index is 4.29. The number of allylic oxidation sites excluding steroid dienone is 24. The molecule has 0 aromatic heterocycles. The average molecular weight is 1140 g/mol. The van der Waals surface area contributed by atoms with Crippen LogP contribution in [0.15, 0.2) is 146 Å². The lowest BCUT2D eigenvalue weighted by Gasteiger charge is -2.25. The summed E-state index contributed by atoms with van der Waals surface area (Å²) in [4.78, 5) is 37.5. The van der Waals surface area contributed by atoms with Gasteiger partial charge in [-0.05, 0) is 103 Å². The summed E-state index contributed by atoms with van der Waals surface area (Å²) in [6, 6.07) is 0. The molecule has 9 nitrogen and oxygen atoms in total. The molecule has 0 rings (SSSR count). The second-order valence-electron chi connectivity index (χ2n) is 22.3. The van der Waals surface area contributed by atoms with Gasteiger partial charge in [-0.1, -0.05) is 269 Å². The normalized spacial score (nSPS) is 13.7. The highest BCUT2D eigenvalue weighted by Gasteiger charge is 2.25. The van der Waals surface area contributed by atoms with Crippen LogP contribution < -0.4 is 0 Å². The van der Waals surface area contributed by atoms with E-state index >= 15 is 0 Å². The van der Waals surface area contributed by atoms with E-state index in [0.717, 1.165) is 109 Å². The quantitative estimate of drug-likeness (QED) is 0.0211. The molecular weight excluding hydrogens is 1020 g/mol. The largest absolute Gasteiger partial charge is 0.477 e. The number of aliphatic carboxylic acids is 1. The molecule has 9 heteroatoms. The fourth-order valence-corrected chi connectivity index (χ4v) is 8.41. The fourth-order valence-electron chi connectivity index (χ4n) is 8.41. The van der Waals surface area contributed by atoms with Crippen molar-refractivity contribution in [3.63, 3.8) is 0 Å². The van der Waals surface area contributed by atoms with Gasteiger partial charge in [0.2, 0.25) is 0 Å². The lowest BCUT2D eigenvalue weighted by molar-refractivity contribution is -0.870. The van der Waals surface area contributed by atoms with Gasteiger partial charge in [-0.15, -0.1) is 0 Å². The van der Waals surface area contributed by atoms with Gasteiger partial charge in [0.25, 0.3) is 6.29 Å². The van der Waals surface area contributed by atoms with Crippen molar-refractivity contribution < 1.29 is 42.9 Å². The first-order chi connectivity index (χ1) is 40.1. The summed E-state index contributed by atoms with van der Waals surface area (Å²) in [6.07, 6.45) is 88.0. The van der Waals surface area contributed by atoms with Crippen LogP contribution in [0.2, 0.25) is 0 Å². The third-order valence-electron chi connectivity index (χ3n) is 13.4. The molecule has 0 aliphatic rings. The number of hydrogen-bond acceptors (Lipinski definition) is 7. The number of carboxylic acids is 1. The van der Waals surface area contributed by atoms with Crippen molar-refractivity contribution in [2.45, 2.75) is 251 Å². The smallest absolute Gasteiger partial charge is 0.361 e. The lowest BCUT2D eigenvalue weighted by Crippen LogP contribution is -2.40. The second-order valence-corrected chi connectivity index (χ2v) is 22.3. The molecule has 0 saturated heterocycles. The Hall–Kier alpha value is -4.83. The Bertz CT molecular complexity index is 1850. The Morgan fingerprint density at radius 1 is 0.378 bits per heavy atom. The van der Waals surface area contributed by atoms with Crippen molar-refractivity contribution in [2.24, 2.45) is 0 Å². The molecule has 1 N–H and O–H groups in total. The summed E-state index contributed by atoms with van der Waals surface area (Å²) in [5.74, 6) is -2.07. The van der Waals surface area contributed by atoms with E-state index in [4.69, 9.17) is 18.9 Å². The van der Waals surface area contributed by atoms with Gasteiger partial charge < -0.3 is 28.5 Å². The SMILES string of the molecule is CC/C=C\C/C=C\C/C=C\C/C=C\C/C=C\C/C=C\C/C=C\C/C=C\C/C=C\C/C=C\C/C=C\C/C=C\CCCCC(=O)OC(COC(=O)CCCCCCCCCCCCCCCCCCCC)COC(OCC[N+](C)(C)C)C(=O)O. The number of carboxylic acid groups (broad SMARTS) is 1. The van der Waals surface area contributed by atoms with Crippen molar-refractivity contribution in [1.82, 2.24) is 0 Å². The van der Waals surface area contributed by atoms with Crippen LogP contribution in [0.4, 0.5) is 0 Å². The van der Waals surface area contributed by atoms with Gasteiger partial charge in [0, 0.05) is 12.8 Å². The first-order valence-corrected chi connectivity index (χ1v) is 32.5. The standard InChI is InChI=1S/C73H119NO8/c1-6-8-10-12-14-16-18-20-22-24-26-27-28-29-30-31-32-33-34-35-36-37-38-39-40-41-42-43-44-45-46-48-50-52-54-56-58-60-62-64-71(76)82-69(68-81-73(72(77)78)79-66-65-74(3,4)5)67-80-70(75)63-61-59-57-55-53-51-49-47-25-23-21-19-17-15-13-11-9-7-2/h8,10,14,16,20,22,26-27,29-30,32-33,35-36,38-39,41-42,44-45,48,50,54,56,69,73H,6-7,9,11-13,15,17-19,21,23-25,28,31,34,37,40,43,46-47,49,51-53,55,57-68H2,1-5H3/p+1/b10-8-,16-14-,22-20-,27-26-,30-29-,33-32-,36-35-,39-38-,42-41-,45-44-,50-48-,56-54-. The number of nitrogens with zero attached hydrogens (tertiary/aromatic N) is 1. The van der Waals surface area contributed by atoms with Gasteiger partial charge in [-0.2, -0.15) is 0 Å². The van der Waals surface area contributed by atoms with Crippen LogP contribution in [0.25, 0.3) is 0 Å². The van der Waals surface area contributed by atoms with Crippen molar-refractivity contribution in [3.05, 3.63) is 146 Å². The number of ether oxygens (including phenoxy) is 4. The first-order valence-electron chi connectivity index (χ1n) is 32.5. The summed E-state index contributed by atoms with van der Waals surface area (Å²) in [6.45, 7) is 4.71. The summed E-state index contributed by atoms with van der Waals surface area (Å²) < 4.78 is 22.8. The number of carbonyl (C=O) groups excluding carboxylic acids is 2. The molecule has 0 spiro atoms.